The summed E-state index contributed by atoms with van der Waals surface area (Å²) < 4.78 is 25.4. The van der Waals surface area contributed by atoms with E-state index >= 15 is 0 Å². The lowest BCUT2D eigenvalue weighted by atomic mass is 10.2. The molecular weight excluding hydrogens is 282 g/mol. The van der Waals surface area contributed by atoms with Gasteiger partial charge in [-0.15, -0.1) is 0 Å². The number of sulfonamides is 1. The summed E-state index contributed by atoms with van der Waals surface area (Å²) in [6, 6.07) is 3.22. The van der Waals surface area contributed by atoms with Crippen LogP contribution in [0.2, 0.25) is 5.02 Å². The summed E-state index contributed by atoms with van der Waals surface area (Å²) in [5.74, 6) is -1.99. The fourth-order valence-corrected chi connectivity index (χ4v) is 2.70. The van der Waals surface area contributed by atoms with Crippen LogP contribution in [-0.2, 0) is 14.8 Å². The fourth-order valence-electron chi connectivity index (χ4n) is 1.12. The van der Waals surface area contributed by atoms with Crippen LogP contribution in [0.1, 0.15) is 23.7 Å². The van der Waals surface area contributed by atoms with Crippen LogP contribution in [0.5, 0.6) is 0 Å². The van der Waals surface area contributed by atoms with Gasteiger partial charge in [-0.3, -0.25) is 4.79 Å². The number of amides is 1. The summed E-state index contributed by atoms with van der Waals surface area (Å²) in [6.45, 7) is 1.49. The largest absolute Gasteiger partial charge is 0.478 e. The smallest absolute Gasteiger partial charge is 0.335 e. The van der Waals surface area contributed by atoms with Crippen LogP contribution in [0.15, 0.2) is 23.1 Å². The van der Waals surface area contributed by atoms with Crippen LogP contribution in [0.4, 0.5) is 0 Å². The van der Waals surface area contributed by atoms with Crippen molar-refractivity contribution in [3.8, 4) is 0 Å². The number of hydrogen-bond acceptors (Lipinski definition) is 4. The van der Waals surface area contributed by atoms with E-state index in [4.69, 9.17) is 16.7 Å². The Morgan fingerprint density at radius 3 is 2.50 bits per heavy atom. The molecule has 1 aromatic rings. The van der Waals surface area contributed by atoms with Crippen LogP contribution in [0, 0.1) is 0 Å². The van der Waals surface area contributed by atoms with Gasteiger partial charge in [-0.05, 0) is 18.2 Å². The highest BCUT2D eigenvalue weighted by molar-refractivity contribution is 7.90. The van der Waals surface area contributed by atoms with Crippen molar-refractivity contribution in [1.29, 1.82) is 0 Å². The Kier molecular flexibility index (Phi) is 4.31. The van der Waals surface area contributed by atoms with Crippen molar-refractivity contribution in [2.24, 2.45) is 0 Å². The lowest BCUT2D eigenvalue weighted by Crippen LogP contribution is -2.30. The summed E-state index contributed by atoms with van der Waals surface area (Å²) in [5.41, 5.74) is -0.233. The van der Waals surface area contributed by atoms with Gasteiger partial charge in [0.1, 0.15) is 4.90 Å². The molecule has 0 spiro atoms. The van der Waals surface area contributed by atoms with Gasteiger partial charge in [-0.1, -0.05) is 18.5 Å². The molecule has 1 amide bonds. The van der Waals surface area contributed by atoms with E-state index in [1.54, 1.807) is 4.72 Å². The molecule has 0 saturated heterocycles. The Morgan fingerprint density at radius 2 is 2.00 bits per heavy atom. The molecule has 2 N–H and O–H groups in total. The normalized spacial score (nSPS) is 11.0. The van der Waals surface area contributed by atoms with Gasteiger partial charge in [-0.2, -0.15) is 0 Å². The Bertz CT molecular complexity index is 596. The minimum absolute atomic E-state index is 0.0184. The fraction of sp³-hybridized carbons (Fsp3) is 0.200. The van der Waals surface area contributed by atoms with Gasteiger partial charge in [0.25, 0.3) is 10.0 Å². The molecule has 0 heterocycles. The van der Waals surface area contributed by atoms with E-state index in [0.717, 1.165) is 12.1 Å². The molecule has 0 aliphatic rings. The number of nitrogens with one attached hydrogen (secondary N) is 1. The monoisotopic (exact) mass is 291 g/mol. The van der Waals surface area contributed by atoms with Gasteiger partial charge in [0.2, 0.25) is 5.91 Å². The molecule has 18 heavy (non-hydrogen) atoms. The van der Waals surface area contributed by atoms with Crippen molar-refractivity contribution >= 4 is 33.5 Å². The first kappa shape index (κ1) is 14.5. The molecule has 0 unspecified atom stereocenters. The molecule has 8 heteroatoms. The average molecular weight is 292 g/mol. The predicted octanol–water partition coefficient (Wildman–Crippen LogP) is 1.25. The number of carboxylic acid groups (broad SMARTS) is 1. The number of halogens is 1. The number of hydrogen-bond donors (Lipinski definition) is 2. The maximum atomic E-state index is 11.8. The molecule has 0 saturated carbocycles. The zero-order valence-electron chi connectivity index (χ0n) is 9.31. The van der Waals surface area contributed by atoms with E-state index in [0.29, 0.717) is 0 Å². The summed E-state index contributed by atoms with van der Waals surface area (Å²) in [7, 11) is -4.15. The van der Waals surface area contributed by atoms with E-state index < -0.39 is 26.8 Å². The van der Waals surface area contributed by atoms with E-state index in [2.05, 4.69) is 0 Å². The standard InChI is InChI=1S/C10H10ClNO5S/c1-2-9(13)12-18(16,17)8-5-6(10(14)15)3-4-7(8)11/h3-5H,2H2,1H3,(H,12,13)(H,14,15). The third-order valence-electron chi connectivity index (χ3n) is 2.04. The lowest BCUT2D eigenvalue weighted by molar-refractivity contribution is -0.119. The highest BCUT2D eigenvalue weighted by Crippen LogP contribution is 2.22. The van der Waals surface area contributed by atoms with Gasteiger partial charge in [0.05, 0.1) is 10.6 Å². The number of carboxylic acids is 1. The summed E-state index contributed by atoms with van der Waals surface area (Å²) in [4.78, 5) is 21.4. The maximum absolute atomic E-state index is 11.8. The molecular formula is C10H10ClNO5S. The summed E-state index contributed by atoms with van der Waals surface area (Å²) >= 11 is 5.69. The second-order valence-corrected chi connectivity index (χ2v) is 5.39. The van der Waals surface area contributed by atoms with E-state index in [1.165, 1.54) is 13.0 Å². The highest BCUT2D eigenvalue weighted by atomic mass is 35.5. The topological polar surface area (TPSA) is 101 Å². The number of rotatable bonds is 4. The molecule has 0 bridgehead atoms. The minimum Gasteiger partial charge on any atom is -0.478 e. The summed E-state index contributed by atoms with van der Waals surface area (Å²) in [5, 5.41) is 8.61. The molecule has 0 atom stereocenters. The van der Waals surface area contributed by atoms with Crippen LogP contribution in [0.25, 0.3) is 0 Å². The first-order chi connectivity index (χ1) is 8.27. The Balaban J connectivity index is 3.27. The van der Waals surface area contributed by atoms with Gasteiger partial charge in [0, 0.05) is 6.42 Å². The molecule has 0 aliphatic heterocycles. The Labute approximate surface area is 109 Å². The molecule has 0 aromatic heterocycles. The molecule has 0 fully saturated rings. The Hall–Kier alpha value is -1.60. The van der Waals surface area contributed by atoms with Crippen LogP contribution in [0.3, 0.4) is 0 Å². The SMILES string of the molecule is CCC(=O)NS(=O)(=O)c1cc(C(=O)O)ccc1Cl. The van der Waals surface area contributed by atoms with Crippen molar-refractivity contribution in [3.63, 3.8) is 0 Å². The first-order valence-electron chi connectivity index (χ1n) is 4.86. The first-order valence-corrected chi connectivity index (χ1v) is 6.72. The molecule has 6 nitrogen and oxygen atoms in total. The number of carbonyl (C=O) groups excluding carboxylic acids is 1. The number of aromatic carboxylic acids is 1. The molecule has 98 valence electrons. The van der Waals surface area contributed by atoms with Gasteiger partial charge in [0.15, 0.2) is 0 Å². The van der Waals surface area contributed by atoms with E-state index in [9.17, 15) is 18.0 Å². The van der Waals surface area contributed by atoms with Crippen molar-refractivity contribution in [2.45, 2.75) is 18.2 Å². The maximum Gasteiger partial charge on any atom is 0.335 e. The molecule has 0 radical (unpaired) electrons. The zero-order chi connectivity index (χ0) is 13.9. The number of carbonyl (C=O) groups is 2. The van der Waals surface area contributed by atoms with Crippen molar-refractivity contribution < 1.29 is 23.1 Å². The highest BCUT2D eigenvalue weighted by Gasteiger charge is 2.21. The van der Waals surface area contributed by atoms with Crippen molar-refractivity contribution in [3.05, 3.63) is 28.8 Å². The van der Waals surface area contributed by atoms with E-state index in [-0.39, 0.29) is 17.0 Å². The lowest BCUT2D eigenvalue weighted by Gasteiger charge is -2.08. The van der Waals surface area contributed by atoms with Gasteiger partial charge >= 0.3 is 5.97 Å². The third kappa shape index (κ3) is 3.21. The Morgan fingerprint density at radius 1 is 1.39 bits per heavy atom. The minimum atomic E-state index is -4.15. The second kappa shape index (κ2) is 5.36. The van der Waals surface area contributed by atoms with Crippen molar-refractivity contribution in [2.75, 3.05) is 0 Å². The average Bonchev–Trinajstić information content (AvgIpc) is 2.28. The molecule has 1 aromatic carbocycles. The predicted molar refractivity (Wildman–Crippen MR) is 64.0 cm³/mol. The quantitative estimate of drug-likeness (QED) is 0.869. The van der Waals surface area contributed by atoms with Crippen LogP contribution >= 0.6 is 11.6 Å². The van der Waals surface area contributed by atoms with Crippen LogP contribution < -0.4 is 4.72 Å². The molecule has 0 aliphatic carbocycles. The third-order valence-corrected chi connectivity index (χ3v) is 3.89. The van der Waals surface area contributed by atoms with Gasteiger partial charge in [-0.25, -0.2) is 17.9 Å². The zero-order valence-corrected chi connectivity index (χ0v) is 10.9. The number of benzene rings is 1. The van der Waals surface area contributed by atoms with E-state index in [1.807, 2.05) is 0 Å². The second-order valence-electron chi connectivity index (χ2n) is 3.33. The molecule has 1 rings (SSSR count). The van der Waals surface area contributed by atoms with Crippen molar-refractivity contribution in [1.82, 2.24) is 4.72 Å². The van der Waals surface area contributed by atoms with Crippen LogP contribution in [-0.4, -0.2) is 25.4 Å². The van der Waals surface area contributed by atoms with Gasteiger partial charge < -0.3 is 5.11 Å². The summed E-state index contributed by atoms with van der Waals surface area (Å²) in [6.07, 6.45) is -0.0184.